The molecule has 0 saturated carbocycles. The Balaban J connectivity index is 1.57. The number of rotatable bonds is 3. The van der Waals surface area contributed by atoms with Gasteiger partial charge in [0.25, 0.3) is 0 Å². The fraction of sp³-hybridized carbons (Fsp3) is 1.00. The number of ether oxygens (including phenoxy) is 1. The fourth-order valence-corrected chi connectivity index (χ4v) is 2.65. The van der Waals surface area contributed by atoms with Crippen LogP contribution in [-0.4, -0.2) is 37.3 Å². The van der Waals surface area contributed by atoms with Crippen molar-refractivity contribution >= 4 is 11.8 Å². The summed E-state index contributed by atoms with van der Waals surface area (Å²) in [6.07, 6.45) is 1.38. The maximum absolute atomic E-state index is 5.11. The van der Waals surface area contributed by atoms with Crippen molar-refractivity contribution in [2.24, 2.45) is 5.92 Å². The largest absolute Gasteiger partial charge is 0.379 e. The maximum atomic E-state index is 5.11. The van der Waals surface area contributed by atoms with Gasteiger partial charge in [0, 0.05) is 0 Å². The Labute approximate surface area is 72.1 Å². The molecule has 3 heteroatoms. The molecular weight excluding hydrogens is 158 g/mol. The van der Waals surface area contributed by atoms with Crippen molar-refractivity contribution in [3.8, 4) is 0 Å². The molecule has 0 aromatic carbocycles. The van der Waals surface area contributed by atoms with E-state index >= 15 is 0 Å². The fourth-order valence-electron chi connectivity index (χ4n) is 1.44. The Hall–Kier alpha value is 0.270. The molecule has 2 heterocycles. The van der Waals surface area contributed by atoms with Gasteiger partial charge in [-0.05, 0) is 31.2 Å². The predicted octanol–water partition coefficient (Wildman–Crippen LogP) is 0.728. The van der Waals surface area contributed by atoms with Gasteiger partial charge in [-0.1, -0.05) is 0 Å². The summed E-state index contributed by atoms with van der Waals surface area (Å²) in [4.78, 5) is 0. The van der Waals surface area contributed by atoms with Gasteiger partial charge in [0.2, 0.25) is 0 Å². The zero-order chi connectivity index (χ0) is 7.52. The molecule has 0 aromatic heterocycles. The Morgan fingerprint density at radius 2 is 2.36 bits per heavy atom. The lowest BCUT2D eigenvalue weighted by molar-refractivity contribution is 0.0454. The molecule has 0 radical (unpaired) electrons. The first-order valence-corrected chi connectivity index (χ1v) is 5.40. The molecule has 2 aliphatic rings. The highest BCUT2D eigenvalue weighted by molar-refractivity contribution is 8.00. The molecule has 2 saturated heterocycles. The van der Waals surface area contributed by atoms with Crippen LogP contribution in [0.4, 0.5) is 0 Å². The van der Waals surface area contributed by atoms with Gasteiger partial charge >= 0.3 is 0 Å². The minimum Gasteiger partial charge on any atom is -0.379 e. The van der Waals surface area contributed by atoms with Crippen molar-refractivity contribution in [2.45, 2.75) is 11.7 Å². The highest BCUT2D eigenvalue weighted by Gasteiger charge is 2.21. The molecule has 0 amide bonds. The first-order valence-electron chi connectivity index (χ1n) is 4.35. The standard InChI is InChI=1S/C8H15NOS/c1-2-9-3-7(1)6-11-8-4-10-5-8/h7-9H,1-6H2. The van der Waals surface area contributed by atoms with Gasteiger partial charge in [-0.25, -0.2) is 0 Å². The van der Waals surface area contributed by atoms with E-state index in [0.717, 1.165) is 24.4 Å². The highest BCUT2D eigenvalue weighted by atomic mass is 32.2. The van der Waals surface area contributed by atoms with Crippen LogP contribution in [-0.2, 0) is 4.74 Å². The van der Waals surface area contributed by atoms with E-state index in [1.165, 1.54) is 25.3 Å². The first kappa shape index (κ1) is 7.90. The van der Waals surface area contributed by atoms with Crippen molar-refractivity contribution in [3.63, 3.8) is 0 Å². The summed E-state index contributed by atoms with van der Waals surface area (Å²) in [5, 5.41) is 4.20. The van der Waals surface area contributed by atoms with Gasteiger partial charge in [0.1, 0.15) is 0 Å². The zero-order valence-corrected chi connectivity index (χ0v) is 7.53. The molecule has 1 unspecified atom stereocenters. The zero-order valence-electron chi connectivity index (χ0n) is 6.71. The molecule has 0 aliphatic carbocycles. The Morgan fingerprint density at radius 1 is 1.45 bits per heavy atom. The van der Waals surface area contributed by atoms with Crippen molar-refractivity contribution < 1.29 is 4.74 Å². The minimum atomic E-state index is 0.815. The molecule has 64 valence electrons. The Bertz CT molecular complexity index is 121. The quantitative estimate of drug-likeness (QED) is 0.680. The van der Waals surface area contributed by atoms with Crippen LogP contribution >= 0.6 is 11.8 Å². The summed E-state index contributed by atoms with van der Waals surface area (Å²) in [5.74, 6) is 2.27. The van der Waals surface area contributed by atoms with E-state index in [1.54, 1.807) is 0 Å². The number of hydrogen-bond donors (Lipinski definition) is 1. The second-order valence-corrected chi connectivity index (χ2v) is 4.68. The number of thioether (sulfide) groups is 1. The molecule has 1 N–H and O–H groups in total. The maximum Gasteiger partial charge on any atom is 0.0607 e. The van der Waals surface area contributed by atoms with E-state index < -0.39 is 0 Å². The minimum absolute atomic E-state index is 0.815. The number of hydrogen-bond acceptors (Lipinski definition) is 3. The summed E-state index contributed by atoms with van der Waals surface area (Å²) < 4.78 is 5.11. The third-order valence-corrected chi connectivity index (χ3v) is 3.74. The lowest BCUT2D eigenvalue weighted by Crippen LogP contribution is -2.31. The van der Waals surface area contributed by atoms with Gasteiger partial charge in [0.05, 0.1) is 18.5 Å². The molecule has 0 bridgehead atoms. The summed E-state index contributed by atoms with van der Waals surface area (Å²) in [6.45, 7) is 4.45. The van der Waals surface area contributed by atoms with Crippen molar-refractivity contribution in [2.75, 3.05) is 32.1 Å². The Kier molecular flexibility index (Phi) is 2.72. The molecule has 1 atom stereocenters. The average Bonchev–Trinajstić information content (AvgIpc) is 2.36. The summed E-state index contributed by atoms with van der Waals surface area (Å²) in [6, 6.07) is 0. The summed E-state index contributed by atoms with van der Waals surface area (Å²) >= 11 is 2.10. The van der Waals surface area contributed by atoms with Crippen molar-refractivity contribution in [1.82, 2.24) is 5.32 Å². The lowest BCUT2D eigenvalue weighted by atomic mass is 10.2. The van der Waals surface area contributed by atoms with E-state index in [9.17, 15) is 0 Å². The van der Waals surface area contributed by atoms with Crippen molar-refractivity contribution in [3.05, 3.63) is 0 Å². The van der Waals surface area contributed by atoms with Gasteiger partial charge in [0.15, 0.2) is 0 Å². The van der Waals surface area contributed by atoms with Crippen LogP contribution in [0.3, 0.4) is 0 Å². The second-order valence-electron chi connectivity index (χ2n) is 3.35. The summed E-state index contributed by atoms with van der Waals surface area (Å²) in [5.41, 5.74) is 0. The molecular formula is C8H15NOS. The van der Waals surface area contributed by atoms with E-state index in [2.05, 4.69) is 17.1 Å². The number of nitrogens with one attached hydrogen (secondary N) is 1. The molecule has 2 nitrogen and oxygen atoms in total. The topological polar surface area (TPSA) is 21.3 Å². The monoisotopic (exact) mass is 173 g/mol. The van der Waals surface area contributed by atoms with Crippen LogP contribution in [0.25, 0.3) is 0 Å². The normalized spacial score (nSPS) is 32.2. The average molecular weight is 173 g/mol. The van der Waals surface area contributed by atoms with E-state index in [-0.39, 0.29) is 0 Å². The van der Waals surface area contributed by atoms with E-state index in [0.29, 0.717) is 0 Å². The van der Waals surface area contributed by atoms with E-state index in [1.807, 2.05) is 0 Å². The van der Waals surface area contributed by atoms with Crippen LogP contribution in [0, 0.1) is 5.92 Å². The van der Waals surface area contributed by atoms with Gasteiger partial charge in [-0.15, -0.1) is 0 Å². The SMILES string of the molecule is C1CC(CSC2COC2)CN1. The molecule has 11 heavy (non-hydrogen) atoms. The van der Waals surface area contributed by atoms with Crippen LogP contribution < -0.4 is 5.32 Å². The molecule has 0 spiro atoms. The lowest BCUT2D eigenvalue weighted by Gasteiger charge is -2.26. The van der Waals surface area contributed by atoms with Gasteiger partial charge in [-0.2, -0.15) is 11.8 Å². The smallest absolute Gasteiger partial charge is 0.0607 e. The third-order valence-electron chi connectivity index (χ3n) is 2.34. The van der Waals surface area contributed by atoms with E-state index in [4.69, 9.17) is 4.74 Å². The molecule has 2 aliphatic heterocycles. The van der Waals surface area contributed by atoms with Crippen molar-refractivity contribution in [1.29, 1.82) is 0 Å². The first-order chi connectivity index (χ1) is 5.45. The van der Waals surface area contributed by atoms with Crippen LogP contribution in [0.2, 0.25) is 0 Å². The second kappa shape index (κ2) is 3.78. The van der Waals surface area contributed by atoms with Crippen LogP contribution in [0.15, 0.2) is 0 Å². The molecule has 2 rings (SSSR count). The van der Waals surface area contributed by atoms with Crippen LogP contribution in [0.5, 0.6) is 0 Å². The summed E-state index contributed by atoms with van der Waals surface area (Å²) in [7, 11) is 0. The molecule has 0 aromatic rings. The van der Waals surface area contributed by atoms with Gasteiger partial charge < -0.3 is 10.1 Å². The Morgan fingerprint density at radius 3 is 2.91 bits per heavy atom. The van der Waals surface area contributed by atoms with Gasteiger partial charge in [-0.3, -0.25) is 0 Å². The van der Waals surface area contributed by atoms with Crippen LogP contribution in [0.1, 0.15) is 6.42 Å². The molecule has 2 fully saturated rings. The predicted molar refractivity (Wildman–Crippen MR) is 48.0 cm³/mol. The third kappa shape index (κ3) is 2.10. The highest BCUT2D eigenvalue weighted by Crippen LogP contribution is 2.23.